The molecule has 1 amide bonds. The third-order valence-electron chi connectivity index (χ3n) is 3.63. The van der Waals surface area contributed by atoms with Gasteiger partial charge in [-0.05, 0) is 53.9 Å². The minimum atomic E-state index is 0. The third kappa shape index (κ3) is 6.73. The summed E-state index contributed by atoms with van der Waals surface area (Å²) in [5, 5.41) is 4.15. The molecule has 2 rings (SSSR count). The molecule has 1 heterocycles. The number of halogens is 1. The predicted octanol–water partition coefficient (Wildman–Crippen LogP) is 4.61. The van der Waals surface area contributed by atoms with Crippen molar-refractivity contribution in [3.8, 4) is 0 Å². The fourth-order valence-electron chi connectivity index (χ4n) is 2.41. The Morgan fingerprint density at radius 2 is 1.78 bits per heavy atom. The largest absolute Gasteiger partial charge is 0.330 e. The Morgan fingerprint density at radius 3 is 2.43 bits per heavy atom. The van der Waals surface area contributed by atoms with E-state index < -0.39 is 0 Å². The van der Waals surface area contributed by atoms with E-state index in [-0.39, 0.29) is 18.3 Å². The highest BCUT2D eigenvalue weighted by atomic mass is 35.5. The van der Waals surface area contributed by atoms with Crippen LogP contribution in [0.1, 0.15) is 37.7 Å². The van der Waals surface area contributed by atoms with Gasteiger partial charge in [0, 0.05) is 12.1 Å². The van der Waals surface area contributed by atoms with Gasteiger partial charge in [-0.3, -0.25) is 4.79 Å². The van der Waals surface area contributed by atoms with E-state index in [0.29, 0.717) is 13.0 Å². The van der Waals surface area contributed by atoms with Gasteiger partial charge >= 0.3 is 0 Å². The van der Waals surface area contributed by atoms with Crippen molar-refractivity contribution in [1.29, 1.82) is 0 Å². The van der Waals surface area contributed by atoms with Crippen LogP contribution in [-0.2, 0) is 11.3 Å². The van der Waals surface area contributed by atoms with Crippen molar-refractivity contribution < 1.29 is 4.79 Å². The number of hydrogen-bond acceptors (Lipinski definition) is 3. The molecule has 0 radical (unpaired) electrons. The monoisotopic (exact) mass is 352 g/mol. The molecule has 0 unspecified atom stereocenters. The Bertz CT molecular complexity index is 545. The van der Waals surface area contributed by atoms with Crippen LogP contribution in [-0.4, -0.2) is 12.5 Å². The Morgan fingerprint density at radius 1 is 1.04 bits per heavy atom. The molecule has 0 aliphatic heterocycles. The van der Waals surface area contributed by atoms with Crippen LogP contribution in [0, 0.1) is 0 Å². The van der Waals surface area contributed by atoms with Gasteiger partial charge in [0.1, 0.15) is 0 Å². The van der Waals surface area contributed by atoms with E-state index >= 15 is 0 Å². The number of carbonyl (C=O) groups is 1. The number of carbonyl (C=O) groups excluding carboxylic acids is 1. The first-order chi connectivity index (χ1) is 10.8. The van der Waals surface area contributed by atoms with Crippen LogP contribution >= 0.6 is 23.7 Å². The number of unbranched alkanes of at least 4 members (excludes halogenated alkanes) is 3. The van der Waals surface area contributed by atoms with E-state index in [4.69, 9.17) is 5.73 Å². The summed E-state index contributed by atoms with van der Waals surface area (Å²) in [7, 11) is 0. The lowest BCUT2D eigenvalue weighted by atomic mass is 10.1. The second-order valence-electron chi connectivity index (χ2n) is 5.40. The summed E-state index contributed by atoms with van der Waals surface area (Å²) in [5.74, 6) is 0.199. The van der Waals surface area contributed by atoms with Crippen molar-refractivity contribution in [3.05, 3.63) is 52.7 Å². The second-order valence-corrected chi connectivity index (χ2v) is 6.18. The molecule has 0 atom stereocenters. The molecule has 5 heteroatoms. The molecule has 1 aromatic carbocycles. The Labute approximate surface area is 148 Å². The fraction of sp³-hybridized carbons (Fsp3) is 0.389. The summed E-state index contributed by atoms with van der Waals surface area (Å²) in [5.41, 5.74) is 7.65. The number of amides is 1. The number of hydrogen-bond donors (Lipinski definition) is 1. The lowest BCUT2D eigenvalue weighted by Crippen LogP contribution is -2.29. The zero-order valence-electron chi connectivity index (χ0n) is 13.3. The topological polar surface area (TPSA) is 46.3 Å². The molecule has 0 spiro atoms. The van der Waals surface area contributed by atoms with Crippen molar-refractivity contribution in [2.75, 3.05) is 11.4 Å². The highest BCUT2D eigenvalue weighted by molar-refractivity contribution is 7.07. The average molecular weight is 353 g/mol. The standard InChI is InChI=1S/C18H24N2OS.ClH/c19-12-7-2-1-6-10-18(21)20(14-16-11-13-22-15-16)17-8-4-3-5-9-17;/h3-5,8-9,11,13,15H,1-2,6-7,10,12,14,19H2;1H. The smallest absolute Gasteiger partial charge is 0.227 e. The van der Waals surface area contributed by atoms with Crippen molar-refractivity contribution in [2.45, 2.75) is 38.6 Å². The van der Waals surface area contributed by atoms with Crippen molar-refractivity contribution >= 4 is 35.3 Å². The maximum absolute atomic E-state index is 12.6. The Hall–Kier alpha value is -1.36. The summed E-state index contributed by atoms with van der Waals surface area (Å²) in [6.45, 7) is 1.39. The first-order valence-electron chi connectivity index (χ1n) is 7.88. The molecule has 0 bridgehead atoms. The number of nitrogens with two attached hydrogens (primary N) is 1. The second kappa shape index (κ2) is 11.2. The predicted molar refractivity (Wildman–Crippen MR) is 101 cm³/mol. The van der Waals surface area contributed by atoms with Crippen LogP contribution in [0.4, 0.5) is 5.69 Å². The summed E-state index contributed by atoms with van der Waals surface area (Å²) in [4.78, 5) is 14.5. The molecule has 2 N–H and O–H groups in total. The molecule has 2 aromatic rings. The summed E-state index contributed by atoms with van der Waals surface area (Å²) in [6.07, 6.45) is 4.77. The van der Waals surface area contributed by atoms with E-state index in [1.54, 1.807) is 11.3 Å². The number of anilines is 1. The molecule has 0 fully saturated rings. The van der Waals surface area contributed by atoms with Crippen molar-refractivity contribution in [2.24, 2.45) is 5.73 Å². The van der Waals surface area contributed by atoms with Gasteiger partial charge in [-0.2, -0.15) is 11.3 Å². The average Bonchev–Trinajstić information content (AvgIpc) is 3.06. The number of para-hydroxylation sites is 1. The van der Waals surface area contributed by atoms with Crippen LogP contribution in [0.3, 0.4) is 0 Å². The maximum Gasteiger partial charge on any atom is 0.227 e. The molecule has 0 saturated carbocycles. The van der Waals surface area contributed by atoms with E-state index in [1.807, 2.05) is 35.2 Å². The van der Waals surface area contributed by atoms with E-state index in [9.17, 15) is 4.79 Å². The van der Waals surface area contributed by atoms with Gasteiger partial charge in [-0.15, -0.1) is 12.4 Å². The van der Waals surface area contributed by atoms with Gasteiger partial charge in [0.2, 0.25) is 5.91 Å². The number of rotatable bonds is 9. The van der Waals surface area contributed by atoms with Crippen LogP contribution in [0.2, 0.25) is 0 Å². The number of nitrogens with zero attached hydrogens (tertiary/aromatic N) is 1. The quantitative estimate of drug-likeness (QED) is 0.670. The highest BCUT2D eigenvalue weighted by Gasteiger charge is 2.15. The maximum atomic E-state index is 12.6. The Kier molecular flexibility index (Phi) is 9.60. The molecular weight excluding hydrogens is 328 g/mol. The van der Waals surface area contributed by atoms with E-state index in [0.717, 1.165) is 37.9 Å². The van der Waals surface area contributed by atoms with Gasteiger partial charge in [0.05, 0.1) is 6.54 Å². The van der Waals surface area contributed by atoms with E-state index in [1.165, 1.54) is 5.56 Å². The number of benzene rings is 1. The molecule has 0 saturated heterocycles. The van der Waals surface area contributed by atoms with Crippen LogP contribution in [0.25, 0.3) is 0 Å². The molecular formula is C18H25ClN2OS. The third-order valence-corrected chi connectivity index (χ3v) is 4.37. The van der Waals surface area contributed by atoms with Crippen molar-refractivity contribution in [1.82, 2.24) is 0 Å². The summed E-state index contributed by atoms with van der Waals surface area (Å²) in [6, 6.07) is 12.0. The molecule has 3 nitrogen and oxygen atoms in total. The first-order valence-corrected chi connectivity index (χ1v) is 8.82. The van der Waals surface area contributed by atoms with Gasteiger partial charge in [0.15, 0.2) is 0 Å². The number of thiophene rings is 1. The minimum absolute atomic E-state index is 0. The molecule has 0 aliphatic carbocycles. The summed E-state index contributed by atoms with van der Waals surface area (Å²) < 4.78 is 0. The van der Waals surface area contributed by atoms with E-state index in [2.05, 4.69) is 16.8 Å². The molecule has 23 heavy (non-hydrogen) atoms. The van der Waals surface area contributed by atoms with Crippen molar-refractivity contribution in [3.63, 3.8) is 0 Å². The highest BCUT2D eigenvalue weighted by Crippen LogP contribution is 2.20. The van der Waals surface area contributed by atoms with Gasteiger partial charge in [-0.25, -0.2) is 0 Å². The lowest BCUT2D eigenvalue weighted by Gasteiger charge is -2.22. The Balaban J connectivity index is 0.00000264. The lowest BCUT2D eigenvalue weighted by molar-refractivity contribution is -0.118. The zero-order valence-corrected chi connectivity index (χ0v) is 15.0. The molecule has 126 valence electrons. The zero-order chi connectivity index (χ0) is 15.6. The van der Waals surface area contributed by atoms with Gasteiger partial charge in [-0.1, -0.05) is 31.0 Å². The fourth-order valence-corrected chi connectivity index (χ4v) is 3.07. The van der Waals surface area contributed by atoms with Crippen LogP contribution < -0.4 is 10.6 Å². The minimum Gasteiger partial charge on any atom is -0.330 e. The molecule has 0 aliphatic rings. The van der Waals surface area contributed by atoms with Gasteiger partial charge < -0.3 is 10.6 Å². The molecule has 1 aromatic heterocycles. The van der Waals surface area contributed by atoms with Gasteiger partial charge in [0.25, 0.3) is 0 Å². The SMILES string of the molecule is Cl.NCCCCCCC(=O)N(Cc1ccsc1)c1ccccc1. The summed E-state index contributed by atoms with van der Waals surface area (Å²) >= 11 is 1.67. The van der Waals surface area contributed by atoms with Crippen LogP contribution in [0.15, 0.2) is 47.2 Å². The normalized spacial score (nSPS) is 10.1. The first kappa shape index (κ1) is 19.7. The van der Waals surface area contributed by atoms with Crippen LogP contribution in [0.5, 0.6) is 0 Å².